The van der Waals surface area contributed by atoms with Gasteiger partial charge in [0, 0.05) is 17.1 Å². The first kappa shape index (κ1) is 17.5. The summed E-state index contributed by atoms with van der Waals surface area (Å²) in [7, 11) is 0. The fraction of sp³-hybridized carbons (Fsp3) is 0.211. The summed E-state index contributed by atoms with van der Waals surface area (Å²) in [4.78, 5) is 39.5. The van der Waals surface area contributed by atoms with Crippen LogP contribution in [0.3, 0.4) is 0 Å². The van der Waals surface area contributed by atoms with Crippen molar-refractivity contribution in [2.75, 3.05) is 11.9 Å². The van der Waals surface area contributed by atoms with Crippen molar-refractivity contribution in [2.45, 2.75) is 18.5 Å². The van der Waals surface area contributed by atoms with Crippen molar-refractivity contribution in [3.05, 3.63) is 64.4 Å². The Morgan fingerprint density at radius 3 is 2.81 bits per heavy atom. The van der Waals surface area contributed by atoms with Crippen molar-refractivity contribution >= 4 is 35.0 Å². The van der Waals surface area contributed by atoms with Gasteiger partial charge >= 0.3 is 0 Å². The van der Waals surface area contributed by atoms with E-state index in [-0.39, 0.29) is 11.5 Å². The number of hydrogen-bond acceptors (Lipinski definition) is 3. The van der Waals surface area contributed by atoms with E-state index in [9.17, 15) is 18.8 Å². The summed E-state index contributed by atoms with van der Waals surface area (Å²) < 4.78 is 13.4. The van der Waals surface area contributed by atoms with Crippen LogP contribution in [0.15, 0.2) is 42.5 Å². The molecule has 2 aliphatic heterocycles. The lowest BCUT2D eigenvalue weighted by Crippen LogP contribution is -2.51. The zero-order valence-electron chi connectivity index (χ0n) is 14.0. The molecule has 0 bridgehead atoms. The van der Waals surface area contributed by atoms with Crippen molar-refractivity contribution in [1.29, 1.82) is 0 Å². The number of rotatable bonds is 2. The van der Waals surface area contributed by atoms with Crippen molar-refractivity contribution in [3.8, 4) is 0 Å². The van der Waals surface area contributed by atoms with Gasteiger partial charge in [0.15, 0.2) is 0 Å². The van der Waals surface area contributed by atoms with Gasteiger partial charge in [-0.05, 0) is 42.8 Å². The van der Waals surface area contributed by atoms with Gasteiger partial charge in [-0.2, -0.15) is 0 Å². The Morgan fingerprint density at radius 1 is 1.22 bits per heavy atom. The van der Waals surface area contributed by atoms with Crippen LogP contribution in [0.4, 0.5) is 10.1 Å². The molecule has 4 rings (SSSR count). The van der Waals surface area contributed by atoms with Gasteiger partial charge in [-0.15, -0.1) is 0 Å². The minimum atomic E-state index is -0.846. The van der Waals surface area contributed by atoms with E-state index < -0.39 is 29.7 Å². The summed E-state index contributed by atoms with van der Waals surface area (Å²) in [6.45, 7) is 0.326. The molecule has 1 saturated heterocycles. The van der Waals surface area contributed by atoms with Gasteiger partial charge in [0.25, 0.3) is 11.8 Å². The molecule has 2 aliphatic rings. The molecule has 3 amide bonds. The second-order valence-corrected chi connectivity index (χ2v) is 6.94. The third kappa shape index (κ3) is 3.14. The number of carbonyl (C=O) groups excluding carboxylic acids is 3. The lowest BCUT2D eigenvalue weighted by molar-refractivity contribution is -0.120. The summed E-state index contributed by atoms with van der Waals surface area (Å²) >= 11 is 5.96. The van der Waals surface area contributed by atoms with Gasteiger partial charge in [-0.25, -0.2) is 4.39 Å². The average Bonchev–Trinajstić information content (AvgIpc) is 3.00. The van der Waals surface area contributed by atoms with Crippen molar-refractivity contribution in [3.63, 3.8) is 0 Å². The topological polar surface area (TPSA) is 78.5 Å². The first-order valence-electron chi connectivity index (χ1n) is 8.42. The maximum Gasteiger partial charge on any atom is 0.256 e. The number of halogens is 2. The summed E-state index contributed by atoms with van der Waals surface area (Å²) in [5, 5.41) is 5.87. The Balaban J connectivity index is 1.60. The first-order chi connectivity index (χ1) is 12.9. The van der Waals surface area contributed by atoms with E-state index in [2.05, 4.69) is 10.6 Å². The SMILES string of the molecule is O=C(N[C@@H]1CCN2C(=O)c3ccc(Cl)cc3NC(=O)[C@H]12)c1cccc(F)c1. The molecule has 6 nitrogen and oxygen atoms in total. The molecule has 2 N–H and O–H groups in total. The molecule has 0 saturated carbocycles. The van der Waals surface area contributed by atoms with Crippen molar-refractivity contribution < 1.29 is 18.8 Å². The zero-order valence-corrected chi connectivity index (χ0v) is 14.8. The number of amides is 3. The van der Waals surface area contributed by atoms with Crippen LogP contribution in [0, 0.1) is 5.82 Å². The van der Waals surface area contributed by atoms with Crippen LogP contribution in [0.25, 0.3) is 0 Å². The Hall–Kier alpha value is -2.93. The predicted molar refractivity (Wildman–Crippen MR) is 97.2 cm³/mol. The van der Waals surface area contributed by atoms with Gasteiger partial charge in [-0.3, -0.25) is 14.4 Å². The second kappa shape index (κ2) is 6.66. The molecule has 2 atom stereocenters. The van der Waals surface area contributed by atoms with Crippen LogP contribution >= 0.6 is 11.6 Å². The van der Waals surface area contributed by atoms with E-state index in [4.69, 9.17) is 11.6 Å². The van der Waals surface area contributed by atoms with Crippen molar-refractivity contribution in [2.24, 2.45) is 0 Å². The van der Waals surface area contributed by atoms with Crippen molar-refractivity contribution in [1.82, 2.24) is 10.2 Å². The molecule has 0 aliphatic carbocycles. The third-order valence-electron chi connectivity index (χ3n) is 4.80. The summed E-state index contributed by atoms with van der Waals surface area (Å²) in [5.41, 5.74) is 0.860. The Labute approximate surface area is 159 Å². The summed E-state index contributed by atoms with van der Waals surface area (Å²) in [6.07, 6.45) is 0.424. The van der Waals surface area contributed by atoms with Gasteiger partial charge in [-0.1, -0.05) is 17.7 Å². The van der Waals surface area contributed by atoms with Gasteiger partial charge < -0.3 is 15.5 Å². The fourth-order valence-corrected chi connectivity index (χ4v) is 3.72. The van der Waals surface area contributed by atoms with Crippen LogP contribution in [-0.4, -0.2) is 41.2 Å². The number of nitrogens with one attached hydrogen (secondary N) is 2. The van der Waals surface area contributed by atoms with E-state index in [1.807, 2.05) is 0 Å². The molecule has 0 spiro atoms. The van der Waals surface area contributed by atoms with Gasteiger partial charge in [0.05, 0.1) is 17.3 Å². The van der Waals surface area contributed by atoms with E-state index in [0.717, 1.165) is 6.07 Å². The number of hydrogen-bond donors (Lipinski definition) is 2. The largest absolute Gasteiger partial charge is 0.347 e. The standard InChI is InChI=1S/C19H15ClFN3O3/c20-11-4-5-13-15(9-11)23-18(26)16-14(6-7-24(16)19(13)27)22-17(25)10-2-1-3-12(21)8-10/h1-5,8-9,14,16H,6-7H2,(H,22,25)(H,23,26)/t14-,16+/m1/s1. The molecule has 0 radical (unpaired) electrons. The quantitative estimate of drug-likeness (QED) is 0.830. The molecular weight excluding hydrogens is 373 g/mol. The number of anilines is 1. The highest BCUT2D eigenvalue weighted by Gasteiger charge is 2.45. The second-order valence-electron chi connectivity index (χ2n) is 6.50. The smallest absolute Gasteiger partial charge is 0.256 e. The lowest BCUT2D eigenvalue weighted by Gasteiger charge is -2.25. The lowest BCUT2D eigenvalue weighted by atomic mass is 10.1. The molecule has 138 valence electrons. The molecule has 27 heavy (non-hydrogen) atoms. The van der Waals surface area contributed by atoms with Crippen LogP contribution in [0.1, 0.15) is 27.1 Å². The summed E-state index contributed by atoms with van der Waals surface area (Å²) in [5.74, 6) is -1.71. The fourth-order valence-electron chi connectivity index (χ4n) is 3.54. The monoisotopic (exact) mass is 387 g/mol. The Bertz CT molecular complexity index is 965. The maximum absolute atomic E-state index is 13.4. The van der Waals surface area contributed by atoms with E-state index >= 15 is 0 Å². The molecule has 2 aromatic carbocycles. The maximum atomic E-state index is 13.4. The average molecular weight is 388 g/mol. The third-order valence-corrected chi connectivity index (χ3v) is 5.04. The molecule has 0 unspecified atom stereocenters. The first-order valence-corrected chi connectivity index (χ1v) is 8.79. The highest BCUT2D eigenvalue weighted by Crippen LogP contribution is 2.30. The molecule has 2 aromatic rings. The highest BCUT2D eigenvalue weighted by molar-refractivity contribution is 6.31. The molecule has 0 aromatic heterocycles. The number of nitrogens with zero attached hydrogens (tertiary/aromatic N) is 1. The van der Waals surface area contributed by atoms with Gasteiger partial charge in [0.1, 0.15) is 11.9 Å². The number of carbonyl (C=O) groups is 3. The molecule has 2 heterocycles. The number of benzene rings is 2. The van der Waals surface area contributed by atoms with Gasteiger partial charge in [0.2, 0.25) is 5.91 Å². The molecular formula is C19H15ClFN3O3. The number of fused-ring (bicyclic) bond motifs is 2. The van der Waals surface area contributed by atoms with E-state index in [1.165, 1.54) is 29.2 Å². The Morgan fingerprint density at radius 2 is 2.04 bits per heavy atom. The normalized spacial score (nSPS) is 21.2. The van der Waals surface area contributed by atoms with Crippen LogP contribution in [0.2, 0.25) is 5.02 Å². The van der Waals surface area contributed by atoms with Crippen LogP contribution in [0.5, 0.6) is 0 Å². The summed E-state index contributed by atoms with van der Waals surface area (Å²) in [6, 6.07) is 8.55. The Kier molecular flexibility index (Phi) is 4.31. The van der Waals surface area contributed by atoms with E-state index in [0.29, 0.717) is 29.2 Å². The predicted octanol–water partition coefficient (Wildman–Crippen LogP) is 2.44. The zero-order chi connectivity index (χ0) is 19.1. The molecule has 1 fully saturated rings. The highest BCUT2D eigenvalue weighted by atomic mass is 35.5. The molecule has 8 heteroatoms. The van der Waals surface area contributed by atoms with E-state index in [1.54, 1.807) is 12.1 Å². The minimum absolute atomic E-state index is 0.156. The minimum Gasteiger partial charge on any atom is -0.347 e. The van der Waals surface area contributed by atoms with Crippen LogP contribution < -0.4 is 10.6 Å². The van der Waals surface area contributed by atoms with Crippen LogP contribution in [-0.2, 0) is 4.79 Å².